The van der Waals surface area contributed by atoms with Crippen LogP contribution in [0.3, 0.4) is 0 Å². The van der Waals surface area contributed by atoms with Crippen LogP contribution in [0.4, 0.5) is 0 Å². The highest BCUT2D eigenvalue weighted by Gasteiger charge is 2.15. The molecule has 0 bridgehead atoms. The Morgan fingerprint density at radius 3 is 2.70 bits per heavy atom. The standard InChI is InChI=1S/C13H17N3O2S2/c1-2-14-9-12-7-13(10-19-12)20(17,18)16-8-11-3-5-15-6-4-11/h3-7,10,14,16H,2,8-9H2,1H3. The van der Waals surface area contributed by atoms with Crippen molar-refractivity contribution < 1.29 is 8.42 Å². The van der Waals surface area contributed by atoms with Crippen LogP contribution in [0.2, 0.25) is 0 Å². The average Bonchev–Trinajstić information content (AvgIpc) is 2.94. The summed E-state index contributed by atoms with van der Waals surface area (Å²) >= 11 is 1.45. The Morgan fingerprint density at radius 1 is 1.25 bits per heavy atom. The summed E-state index contributed by atoms with van der Waals surface area (Å²) in [5.74, 6) is 0. The fourth-order valence-electron chi connectivity index (χ4n) is 1.60. The molecule has 0 spiro atoms. The molecule has 2 N–H and O–H groups in total. The summed E-state index contributed by atoms with van der Waals surface area (Å²) in [4.78, 5) is 5.23. The molecule has 2 aromatic rings. The van der Waals surface area contributed by atoms with E-state index in [-0.39, 0.29) is 6.54 Å². The fraction of sp³-hybridized carbons (Fsp3) is 0.308. The molecule has 2 rings (SSSR count). The minimum Gasteiger partial charge on any atom is -0.312 e. The monoisotopic (exact) mass is 311 g/mol. The van der Waals surface area contributed by atoms with Crippen molar-refractivity contribution in [2.24, 2.45) is 0 Å². The predicted octanol–water partition coefficient (Wildman–Crippen LogP) is 1.73. The molecule has 0 aliphatic heterocycles. The first kappa shape index (κ1) is 15.1. The van der Waals surface area contributed by atoms with Gasteiger partial charge in [0.05, 0.1) is 4.90 Å². The number of nitrogens with one attached hydrogen (secondary N) is 2. The summed E-state index contributed by atoms with van der Waals surface area (Å²) in [6, 6.07) is 5.28. The van der Waals surface area contributed by atoms with Crippen LogP contribution in [-0.2, 0) is 23.1 Å². The third-order valence-electron chi connectivity index (χ3n) is 2.70. The third-order valence-corrected chi connectivity index (χ3v) is 5.17. The van der Waals surface area contributed by atoms with Gasteiger partial charge in [0.15, 0.2) is 0 Å². The molecule has 0 aromatic carbocycles. The fourth-order valence-corrected chi connectivity index (χ4v) is 3.87. The molecule has 0 aliphatic rings. The Balaban J connectivity index is 2.01. The minimum absolute atomic E-state index is 0.267. The van der Waals surface area contributed by atoms with Crippen molar-refractivity contribution in [1.29, 1.82) is 0 Å². The Morgan fingerprint density at radius 2 is 2.00 bits per heavy atom. The second-order valence-electron chi connectivity index (χ2n) is 4.21. The molecular weight excluding hydrogens is 294 g/mol. The molecule has 2 aromatic heterocycles. The Bertz CT molecular complexity index is 639. The number of hydrogen-bond acceptors (Lipinski definition) is 5. The van der Waals surface area contributed by atoms with Crippen molar-refractivity contribution in [3.05, 3.63) is 46.4 Å². The van der Waals surface area contributed by atoms with Gasteiger partial charge in [-0.3, -0.25) is 4.98 Å². The molecule has 0 aliphatic carbocycles. The van der Waals surface area contributed by atoms with Gasteiger partial charge in [0.25, 0.3) is 0 Å². The lowest BCUT2D eigenvalue weighted by Crippen LogP contribution is -2.22. The van der Waals surface area contributed by atoms with Crippen LogP contribution in [-0.4, -0.2) is 19.9 Å². The number of sulfonamides is 1. The van der Waals surface area contributed by atoms with E-state index in [4.69, 9.17) is 0 Å². The zero-order valence-corrected chi connectivity index (χ0v) is 12.8. The molecule has 0 amide bonds. The predicted molar refractivity (Wildman–Crippen MR) is 80.0 cm³/mol. The molecular formula is C13H17N3O2S2. The molecule has 0 atom stereocenters. The highest BCUT2D eigenvalue weighted by atomic mass is 32.2. The van der Waals surface area contributed by atoms with Crippen LogP contribution in [0.15, 0.2) is 40.9 Å². The van der Waals surface area contributed by atoms with E-state index in [1.54, 1.807) is 36.0 Å². The number of thiophene rings is 1. The lowest BCUT2D eigenvalue weighted by molar-refractivity contribution is 0.581. The van der Waals surface area contributed by atoms with E-state index in [0.717, 1.165) is 17.0 Å². The van der Waals surface area contributed by atoms with Crippen LogP contribution in [0, 0.1) is 0 Å². The van der Waals surface area contributed by atoms with E-state index in [9.17, 15) is 8.42 Å². The van der Waals surface area contributed by atoms with Gasteiger partial charge in [-0.1, -0.05) is 6.92 Å². The SMILES string of the molecule is CCNCc1cc(S(=O)(=O)NCc2ccncc2)cs1. The topological polar surface area (TPSA) is 71.1 Å². The van der Waals surface area contributed by atoms with Crippen LogP contribution in [0.5, 0.6) is 0 Å². The van der Waals surface area contributed by atoms with Crippen molar-refractivity contribution in [2.75, 3.05) is 6.54 Å². The summed E-state index contributed by atoms with van der Waals surface area (Å²) in [7, 11) is -3.45. The van der Waals surface area contributed by atoms with Gasteiger partial charge in [-0.15, -0.1) is 11.3 Å². The van der Waals surface area contributed by atoms with Gasteiger partial charge >= 0.3 is 0 Å². The van der Waals surface area contributed by atoms with Crippen LogP contribution in [0.1, 0.15) is 17.4 Å². The van der Waals surface area contributed by atoms with E-state index in [2.05, 4.69) is 15.0 Å². The maximum Gasteiger partial charge on any atom is 0.241 e. The highest BCUT2D eigenvalue weighted by molar-refractivity contribution is 7.89. The molecule has 0 fully saturated rings. The zero-order chi connectivity index (χ0) is 14.4. The maximum atomic E-state index is 12.2. The highest BCUT2D eigenvalue weighted by Crippen LogP contribution is 2.19. The number of rotatable bonds is 7. The number of pyridine rings is 1. The maximum absolute atomic E-state index is 12.2. The minimum atomic E-state index is -3.45. The summed E-state index contributed by atoms with van der Waals surface area (Å²) in [6.45, 7) is 3.84. The molecule has 5 nitrogen and oxygen atoms in total. The first-order valence-corrected chi connectivity index (χ1v) is 8.65. The van der Waals surface area contributed by atoms with Crippen LogP contribution in [0.25, 0.3) is 0 Å². The molecule has 7 heteroatoms. The third kappa shape index (κ3) is 4.11. The van der Waals surface area contributed by atoms with Gasteiger partial charge < -0.3 is 5.32 Å². The molecule has 0 unspecified atom stereocenters. The lowest BCUT2D eigenvalue weighted by Gasteiger charge is -2.04. The van der Waals surface area contributed by atoms with Gasteiger partial charge in [-0.25, -0.2) is 13.1 Å². The summed E-state index contributed by atoms with van der Waals surface area (Å²) in [5, 5.41) is 4.84. The van der Waals surface area contributed by atoms with Crippen LogP contribution >= 0.6 is 11.3 Å². The molecule has 20 heavy (non-hydrogen) atoms. The molecule has 108 valence electrons. The number of nitrogens with zero attached hydrogens (tertiary/aromatic N) is 1. The summed E-state index contributed by atoms with van der Waals surface area (Å²) < 4.78 is 26.9. The molecule has 0 saturated heterocycles. The van der Waals surface area contributed by atoms with E-state index in [1.165, 1.54) is 11.3 Å². The van der Waals surface area contributed by atoms with Gasteiger partial charge in [-0.2, -0.15) is 0 Å². The second kappa shape index (κ2) is 6.94. The van der Waals surface area contributed by atoms with Crippen molar-refractivity contribution in [3.8, 4) is 0 Å². The van der Waals surface area contributed by atoms with Crippen molar-refractivity contribution >= 4 is 21.4 Å². The average molecular weight is 311 g/mol. The van der Waals surface area contributed by atoms with Crippen molar-refractivity contribution in [3.63, 3.8) is 0 Å². The normalized spacial score (nSPS) is 11.7. The smallest absolute Gasteiger partial charge is 0.241 e. The number of aromatic nitrogens is 1. The Hall–Kier alpha value is -1.28. The Kier molecular flexibility index (Phi) is 5.24. The van der Waals surface area contributed by atoms with Gasteiger partial charge in [0.2, 0.25) is 10.0 Å². The quantitative estimate of drug-likeness (QED) is 0.817. The van der Waals surface area contributed by atoms with E-state index >= 15 is 0 Å². The molecule has 2 heterocycles. The Labute approximate surface area is 123 Å². The van der Waals surface area contributed by atoms with E-state index in [1.807, 2.05) is 6.92 Å². The van der Waals surface area contributed by atoms with Crippen LogP contribution < -0.4 is 10.0 Å². The lowest BCUT2D eigenvalue weighted by atomic mass is 10.3. The largest absolute Gasteiger partial charge is 0.312 e. The number of hydrogen-bond donors (Lipinski definition) is 2. The van der Waals surface area contributed by atoms with Gasteiger partial charge in [0.1, 0.15) is 0 Å². The summed E-state index contributed by atoms with van der Waals surface area (Å²) in [5.41, 5.74) is 0.881. The van der Waals surface area contributed by atoms with E-state index < -0.39 is 10.0 Å². The second-order valence-corrected chi connectivity index (χ2v) is 6.97. The van der Waals surface area contributed by atoms with Crippen molar-refractivity contribution in [2.45, 2.75) is 24.9 Å². The van der Waals surface area contributed by atoms with Gasteiger partial charge in [-0.05, 0) is 30.3 Å². The van der Waals surface area contributed by atoms with Crippen molar-refractivity contribution in [1.82, 2.24) is 15.0 Å². The first-order chi connectivity index (χ1) is 9.62. The molecule has 0 radical (unpaired) electrons. The first-order valence-electron chi connectivity index (χ1n) is 6.28. The summed E-state index contributed by atoms with van der Waals surface area (Å²) in [6.07, 6.45) is 3.28. The van der Waals surface area contributed by atoms with E-state index in [0.29, 0.717) is 11.4 Å². The zero-order valence-electron chi connectivity index (χ0n) is 11.2. The van der Waals surface area contributed by atoms with Gasteiger partial charge in [0, 0.05) is 35.7 Å². The molecule has 0 saturated carbocycles.